The minimum Gasteiger partial charge on any atom is -0.493 e. The predicted molar refractivity (Wildman–Crippen MR) is 120 cm³/mol. The van der Waals surface area contributed by atoms with Crippen LogP contribution >= 0.6 is 0 Å². The first-order valence-corrected chi connectivity index (χ1v) is 11.1. The summed E-state index contributed by atoms with van der Waals surface area (Å²) in [5.74, 6) is 0.259. The molecule has 0 atom stereocenters. The molecule has 1 aromatic carbocycles. The minimum absolute atomic E-state index is 0.0133. The molecule has 1 aliphatic heterocycles. The Bertz CT molecular complexity index is 1050. The van der Waals surface area contributed by atoms with Crippen LogP contribution in [0.25, 0.3) is 0 Å². The number of ether oxygens (including phenoxy) is 3. The molecule has 176 valence electrons. The Labute approximate surface area is 193 Å². The topological polar surface area (TPSA) is 99.1 Å². The van der Waals surface area contributed by atoms with Gasteiger partial charge in [-0.2, -0.15) is 0 Å². The van der Waals surface area contributed by atoms with Crippen LogP contribution < -0.4 is 9.47 Å². The van der Waals surface area contributed by atoms with Crippen molar-refractivity contribution in [2.75, 3.05) is 13.7 Å². The minimum atomic E-state index is -1.10. The average Bonchev–Trinajstić information content (AvgIpc) is 2.68. The first-order valence-electron chi connectivity index (χ1n) is 11.1. The van der Waals surface area contributed by atoms with Gasteiger partial charge in [0.1, 0.15) is 11.5 Å². The van der Waals surface area contributed by atoms with E-state index in [0.717, 1.165) is 5.56 Å². The van der Waals surface area contributed by atoms with Gasteiger partial charge < -0.3 is 19.3 Å². The number of Topliss-reactive ketones (excluding diaryl/α,β-unsaturated/α-hetero) is 2. The Morgan fingerprint density at radius 1 is 0.970 bits per heavy atom. The number of carbonyl (C=O) groups excluding carboxylic acids is 2. The molecule has 0 fully saturated rings. The van der Waals surface area contributed by atoms with Gasteiger partial charge in [0.25, 0.3) is 0 Å². The van der Waals surface area contributed by atoms with E-state index in [-0.39, 0.29) is 28.1 Å². The highest BCUT2D eigenvalue weighted by Gasteiger charge is 2.47. The molecule has 0 unspecified atom stereocenters. The summed E-state index contributed by atoms with van der Waals surface area (Å²) in [4.78, 5) is 37.6. The molecule has 0 aromatic heterocycles. The summed E-state index contributed by atoms with van der Waals surface area (Å²) in [5.41, 5.74) is 1.36. The smallest absolute Gasteiger partial charge is 0.341 e. The summed E-state index contributed by atoms with van der Waals surface area (Å²) < 4.78 is 17.1. The number of methoxy groups -OCH3 is 1. The molecule has 0 amide bonds. The predicted octanol–water partition coefficient (Wildman–Crippen LogP) is 4.56. The van der Waals surface area contributed by atoms with Crippen LogP contribution in [0.2, 0.25) is 0 Å². The van der Waals surface area contributed by atoms with Crippen molar-refractivity contribution >= 4 is 17.5 Å². The number of rotatable bonds is 5. The van der Waals surface area contributed by atoms with E-state index in [4.69, 9.17) is 19.3 Å². The molecule has 3 aliphatic rings. The van der Waals surface area contributed by atoms with Crippen LogP contribution in [-0.2, 0) is 19.1 Å². The molecule has 0 spiro atoms. The van der Waals surface area contributed by atoms with Crippen molar-refractivity contribution in [3.05, 3.63) is 46.4 Å². The Hall–Kier alpha value is -3.09. The number of hydrogen-bond donors (Lipinski definition) is 1. The summed E-state index contributed by atoms with van der Waals surface area (Å²) in [6.45, 7) is 7.68. The SMILES string of the molecule is COc1cc(C2C3=C(CC(C)(C)CC3=O)OC3=C2C(=O)CC(C)(C)C3)ccc1OCC(=O)O. The molecule has 0 bridgehead atoms. The van der Waals surface area contributed by atoms with E-state index in [1.807, 2.05) is 27.7 Å². The van der Waals surface area contributed by atoms with Crippen molar-refractivity contribution in [1.82, 2.24) is 0 Å². The van der Waals surface area contributed by atoms with Crippen molar-refractivity contribution in [3.63, 3.8) is 0 Å². The molecule has 0 saturated carbocycles. The van der Waals surface area contributed by atoms with Gasteiger partial charge in [-0.3, -0.25) is 9.59 Å². The number of carboxylic acids is 1. The van der Waals surface area contributed by atoms with Crippen LogP contribution in [-0.4, -0.2) is 36.4 Å². The molecule has 7 nitrogen and oxygen atoms in total. The summed E-state index contributed by atoms with van der Waals surface area (Å²) in [5, 5.41) is 8.93. The molecule has 4 rings (SSSR count). The fourth-order valence-corrected chi connectivity index (χ4v) is 5.13. The van der Waals surface area contributed by atoms with Gasteiger partial charge in [0.05, 0.1) is 7.11 Å². The van der Waals surface area contributed by atoms with Crippen LogP contribution in [0.5, 0.6) is 11.5 Å². The second kappa shape index (κ2) is 8.04. The fourth-order valence-electron chi connectivity index (χ4n) is 5.13. The van der Waals surface area contributed by atoms with E-state index in [2.05, 4.69) is 0 Å². The normalized spacial score (nSPS) is 21.8. The van der Waals surface area contributed by atoms with Crippen LogP contribution in [0.4, 0.5) is 0 Å². The lowest BCUT2D eigenvalue weighted by molar-refractivity contribution is -0.139. The van der Waals surface area contributed by atoms with Gasteiger partial charge in [0.2, 0.25) is 0 Å². The average molecular weight is 455 g/mol. The quantitative estimate of drug-likeness (QED) is 0.696. The van der Waals surface area contributed by atoms with E-state index in [1.54, 1.807) is 18.2 Å². The van der Waals surface area contributed by atoms with Gasteiger partial charge in [-0.25, -0.2) is 4.79 Å². The highest BCUT2D eigenvalue weighted by molar-refractivity contribution is 6.06. The third-order valence-corrected chi connectivity index (χ3v) is 6.45. The third-order valence-electron chi connectivity index (χ3n) is 6.45. The third kappa shape index (κ3) is 4.41. The Balaban J connectivity index is 1.85. The summed E-state index contributed by atoms with van der Waals surface area (Å²) in [6, 6.07) is 5.12. The van der Waals surface area contributed by atoms with Crippen LogP contribution in [0.1, 0.15) is 64.9 Å². The molecule has 33 heavy (non-hydrogen) atoms. The zero-order valence-corrected chi connectivity index (χ0v) is 19.7. The standard InChI is InChI=1S/C26H30O7/c1-25(2)9-15(27)23-19(11-25)33-20-12-26(3,4)10-16(28)24(20)22(23)14-6-7-17(18(8-14)31-5)32-13-21(29)30/h6-8,22H,9-13H2,1-5H3,(H,29,30). The van der Waals surface area contributed by atoms with E-state index in [9.17, 15) is 14.4 Å². The highest BCUT2D eigenvalue weighted by atomic mass is 16.5. The fraction of sp³-hybridized carbons (Fsp3) is 0.500. The van der Waals surface area contributed by atoms with Gasteiger partial charge in [-0.05, 0) is 28.5 Å². The second-order valence-corrected chi connectivity index (χ2v) is 10.7. The summed E-state index contributed by atoms with van der Waals surface area (Å²) >= 11 is 0. The monoisotopic (exact) mass is 454 g/mol. The van der Waals surface area contributed by atoms with Crippen molar-refractivity contribution in [2.45, 2.75) is 59.3 Å². The lowest BCUT2D eigenvalue weighted by Crippen LogP contribution is -2.37. The zero-order valence-electron chi connectivity index (χ0n) is 19.7. The van der Waals surface area contributed by atoms with Crippen LogP contribution in [0.3, 0.4) is 0 Å². The zero-order chi connectivity index (χ0) is 24.1. The number of ketones is 2. The first-order chi connectivity index (χ1) is 15.4. The Morgan fingerprint density at radius 2 is 1.52 bits per heavy atom. The molecular formula is C26H30O7. The molecule has 7 heteroatoms. The molecule has 1 heterocycles. The molecule has 0 radical (unpaired) electrons. The maximum Gasteiger partial charge on any atom is 0.341 e. The molecular weight excluding hydrogens is 424 g/mol. The van der Waals surface area contributed by atoms with Gasteiger partial charge in [0, 0.05) is 42.7 Å². The maximum atomic E-state index is 13.3. The number of benzene rings is 1. The van der Waals surface area contributed by atoms with Crippen molar-refractivity contribution in [1.29, 1.82) is 0 Å². The lowest BCUT2D eigenvalue weighted by Gasteiger charge is -2.42. The van der Waals surface area contributed by atoms with E-state index in [1.165, 1.54) is 7.11 Å². The van der Waals surface area contributed by atoms with Gasteiger partial charge in [-0.1, -0.05) is 33.8 Å². The van der Waals surface area contributed by atoms with Crippen LogP contribution in [0.15, 0.2) is 40.9 Å². The Morgan fingerprint density at radius 3 is 2.00 bits per heavy atom. The van der Waals surface area contributed by atoms with Crippen molar-refractivity contribution < 1.29 is 33.7 Å². The molecule has 1 N–H and O–H groups in total. The van der Waals surface area contributed by atoms with E-state index < -0.39 is 18.5 Å². The van der Waals surface area contributed by atoms with Gasteiger partial charge >= 0.3 is 5.97 Å². The molecule has 0 saturated heterocycles. The highest BCUT2D eigenvalue weighted by Crippen LogP contribution is 2.53. The van der Waals surface area contributed by atoms with E-state index >= 15 is 0 Å². The summed E-state index contributed by atoms with van der Waals surface area (Å²) in [6.07, 6.45) is 2.00. The lowest BCUT2D eigenvalue weighted by atomic mass is 9.65. The Kier molecular flexibility index (Phi) is 5.63. The van der Waals surface area contributed by atoms with E-state index in [0.29, 0.717) is 54.1 Å². The molecule has 1 aromatic rings. The van der Waals surface area contributed by atoms with Gasteiger partial charge in [-0.15, -0.1) is 0 Å². The van der Waals surface area contributed by atoms with Crippen molar-refractivity contribution in [2.24, 2.45) is 10.8 Å². The van der Waals surface area contributed by atoms with Gasteiger partial charge in [0.15, 0.2) is 29.7 Å². The number of carboxylic acid groups (broad SMARTS) is 1. The van der Waals surface area contributed by atoms with Crippen molar-refractivity contribution in [3.8, 4) is 11.5 Å². The number of carbonyl (C=O) groups is 3. The van der Waals surface area contributed by atoms with Crippen LogP contribution in [0, 0.1) is 10.8 Å². The summed E-state index contributed by atoms with van der Waals surface area (Å²) in [7, 11) is 1.47. The first kappa shape index (κ1) is 23.1. The molecule has 2 aliphatic carbocycles. The number of aliphatic carboxylic acids is 1. The number of hydrogen-bond acceptors (Lipinski definition) is 6. The largest absolute Gasteiger partial charge is 0.493 e. The second-order valence-electron chi connectivity index (χ2n) is 10.7. The number of allylic oxidation sites excluding steroid dienone is 4. The maximum absolute atomic E-state index is 13.3.